The number of benzene rings is 2. The van der Waals surface area contributed by atoms with Crippen LogP contribution in [0.5, 0.6) is 11.5 Å². The second-order valence-corrected chi connectivity index (χ2v) is 6.99. The Morgan fingerprint density at radius 3 is 2.48 bits per heavy atom. The van der Waals surface area contributed by atoms with E-state index in [2.05, 4.69) is 4.74 Å². The van der Waals surface area contributed by atoms with Gasteiger partial charge >= 0.3 is 6.36 Å². The summed E-state index contributed by atoms with van der Waals surface area (Å²) < 4.78 is 60.9. The molecule has 2 aromatic carbocycles. The van der Waals surface area contributed by atoms with Crippen molar-refractivity contribution in [3.63, 3.8) is 0 Å². The Kier molecular flexibility index (Phi) is 6.21. The number of ether oxygens (including phenoxy) is 2. The summed E-state index contributed by atoms with van der Waals surface area (Å²) in [6.07, 6.45) is -4.60. The molecule has 0 N–H and O–H groups in total. The third-order valence-electron chi connectivity index (χ3n) is 4.51. The molecule has 2 atom stereocenters. The normalized spacial score (nSPS) is 19.5. The molecule has 0 saturated carbocycles. The molecule has 156 valence electrons. The van der Waals surface area contributed by atoms with E-state index in [0.717, 1.165) is 12.1 Å². The first-order valence-electron chi connectivity index (χ1n) is 8.90. The third-order valence-corrected chi connectivity index (χ3v) is 4.88. The Morgan fingerprint density at radius 1 is 1.17 bits per heavy atom. The minimum atomic E-state index is -4.79. The average molecular weight is 432 g/mol. The molecule has 1 fully saturated rings. The monoisotopic (exact) mass is 431 g/mol. The second kappa shape index (κ2) is 8.49. The summed E-state index contributed by atoms with van der Waals surface area (Å²) in [5, 5.41) is -0.832. The van der Waals surface area contributed by atoms with E-state index < -0.39 is 23.6 Å². The van der Waals surface area contributed by atoms with E-state index in [4.69, 9.17) is 16.3 Å². The van der Waals surface area contributed by atoms with E-state index in [1.54, 1.807) is 13.0 Å². The van der Waals surface area contributed by atoms with Gasteiger partial charge in [-0.1, -0.05) is 18.2 Å². The number of halogens is 5. The van der Waals surface area contributed by atoms with Crippen LogP contribution in [0.1, 0.15) is 30.5 Å². The van der Waals surface area contributed by atoms with Gasteiger partial charge in [0.1, 0.15) is 22.7 Å². The summed E-state index contributed by atoms with van der Waals surface area (Å²) in [6.45, 7) is 2.14. The maximum absolute atomic E-state index is 14.6. The van der Waals surface area contributed by atoms with Gasteiger partial charge in [-0.15, -0.1) is 24.8 Å². The number of alkyl halides is 4. The molecule has 29 heavy (non-hydrogen) atoms. The molecule has 1 aliphatic heterocycles. The van der Waals surface area contributed by atoms with Crippen LogP contribution in [0.15, 0.2) is 42.5 Å². The van der Waals surface area contributed by atoms with Crippen LogP contribution in [0.3, 0.4) is 0 Å². The van der Waals surface area contributed by atoms with Gasteiger partial charge in [-0.05, 0) is 43.2 Å². The van der Waals surface area contributed by atoms with E-state index in [-0.39, 0.29) is 30.2 Å². The molecule has 1 heterocycles. The number of rotatable bonds is 6. The molecule has 0 radical (unpaired) electrons. The van der Waals surface area contributed by atoms with Crippen molar-refractivity contribution in [2.75, 3.05) is 6.61 Å². The first-order valence-corrected chi connectivity index (χ1v) is 9.33. The standard InChI is InChI=1S/C20H18ClF4NO3/c1-2-28-17-5-3-4-15(22)18(17)16-10-14(21)19(27)26(16)11-12-6-8-13(9-7-12)29-20(23,24)25/h3-9,14,16H,2,10-11H2,1H3. The molecule has 1 aliphatic rings. The highest BCUT2D eigenvalue weighted by molar-refractivity contribution is 6.31. The van der Waals surface area contributed by atoms with Gasteiger partial charge < -0.3 is 14.4 Å². The predicted octanol–water partition coefficient (Wildman–Crippen LogP) is 5.20. The van der Waals surface area contributed by atoms with Crippen molar-refractivity contribution in [3.8, 4) is 11.5 Å². The van der Waals surface area contributed by atoms with Crippen molar-refractivity contribution < 1.29 is 31.8 Å². The summed E-state index contributed by atoms with van der Waals surface area (Å²) in [6, 6.07) is 8.91. The Morgan fingerprint density at radius 2 is 1.86 bits per heavy atom. The number of carbonyl (C=O) groups is 1. The van der Waals surface area contributed by atoms with Crippen LogP contribution in [0.4, 0.5) is 17.6 Å². The number of hydrogen-bond donors (Lipinski definition) is 0. The first-order chi connectivity index (χ1) is 13.7. The summed E-state index contributed by atoms with van der Waals surface area (Å²) in [5.41, 5.74) is 0.792. The van der Waals surface area contributed by atoms with Crippen LogP contribution in [0.25, 0.3) is 0 Å². The Hall–Kier alpha value is -2.48. The predicted molar refractivity (Wildman–Crippen MR) is 98.2 cm³/mol. The quantitative estimate of drug-likeness (QED) is 0.466. The lowest BCUT2D eigenvalue weighted by molar-refractivity contribution is -0.274. The van der Waals surface area contributed by atoms with Gasteiger partial charge in [-0.2, -0.15) is 0 Å². The Balaban J connectivity index is 1.87. The molecule has 1 saturated heterocycles. The van der Waals surface area contributed by atoms with Crippen LogP contribution >= 0.6 is 11.6 Å². The molecular weight excluding hydrogens is 414 g/mol. The molecule has 0 aromatic heterocycles. The molecule has 2 unspecified atom stereocenters. The molecule has 3 rings (SSSR count). The molecule has 0 aliphatic carbocycles. The van der Waals surface area contributed by atoms with Gasteiger partial charge in [0.2, 0.25) is 5.91 Å². The molecule has 9 heteroatoms. The topological polar surface area (TPSA) is 38.8 Å². The molecule has 1 amide bonds. The van der Waals surface area contributed by atoms with Crippen LogP contribution in [0, 0.1) is 5.82 Å². The zero-order valence-electron chi connectivity index (χ0n) is 15.4. The van der Waals surface area contributed by atoms with E-state index in [1.165, 1.54) is 29.2 Å². The first kappa shape index (κ1) is 21.2. The fraction of sp³-hybridized carbons (Fsp3) is 0.350. The van der Waals surface area contributed by atoms with Gasteiger partial charge in [0.15, 0.2) is 0 Å². The number of nitrogens with zero attached hydrogens (tertiary/aromatic N) is 1. The van der Waals surface area contributed by atoms with Gasteiger partial charge in [-0.25, -0.2) is 4.39 Å². The van der Waals surface area contributed by atoms with Gasteiger partial charge in [0, 0.05) is 6.54 Å². The Bertz CT molecular complexity index is 873. The third kappa shape index (κ3) is 4.93. The largest absolute Gasteiger partial charge is 0.573 e. The highest BCUT2D eigenvalue weighted by Gasteiger charge is 2.41. The number of amides is 1. The summed E-state index contributed by atoms with van der Waals surface area (Å²) in [4.78, 5) is 14.0. The van der Waals surface area contributed by atoms with Crippen molar-refractivity contribution in [1.29, 1.82) is 0 Å². The molecular formula is C20H18ClF4NO3. The van der Waals surface area contributed by atoms with Crippen molar-refractivity contribution in [1.82, 2.24) is 4.90 Å². The number of likely N-dealkylation sites (tertiary alicyclic amines) is 1. The maximum Gasteiger partial charge on any atom is 0.573 e. The summed E-state index contributed by atoms with van der Waals surface area (Å²) in [5.74, 6) is -0.931. The smallest absolute Gasteiger partial charge is 0.493 e. The lowest BCUT2D eigenvalue weighted by Crippen LogP contribution is -2.30. The van der Waals surface area contributed by atoms with Crippen LogP contribution in [0.2, 0.25) is 0 Å². The highest BCUT2D eigenvalue weighted by Crippen LogP contribution is 2.41. The van der Waals surface area contributed by atoms with Crippen LogP contribution in [-0.4, -0.2) is 29.2 Å². The zero-order chi connectivity index (χ0) is 21.2. The van der Waals surface area contributed by atoms with E-state index >= 15 is 0 Å². The molecule has 0 bridgehead atoms. The van der Waals surface area contributed by atoms with Gasteiger partial charge in [0.05, 0.1) is 18.2 Å². The minimum Gasteiger partial charge on any atom is -0.493 e. The highest BCUT2D eigenvalue weighted by atomic mass is 35.5. The summed E-state index contributed by atoms with van der Waals surface area (Å²) in [7, 11) is 0. The maximum atomic E-state index is 14.6. The van der Waals surface area contributed by atoms with Crippen molar-refractivity contribution in [2.45, 2.75) is 37.7 Å². The molecule has 0 spiro atoms. The van der Waals surface area contributed by atoms with E-state index in [0.29, 0.717) is 17.9 Å². The van der Waals surface area contributed by atoms with Crippen molar-refractivity contribution in [3.05, 3.63) is 59.4 Å². The SMILES string of the molecule is CCOc1cccc(F)c1C1CC(Cl)C(=O)N1Cc1ccc(OC(F)(F)F)cc1. The van der Waals surface area contributed by atoms with Crippen molar-refractivity contribution >= 4 is 17.5 Å². The fourth-order valence-electron chi connectivity index (χ4n) is 3.33. The summed E-state index contributed by atoms with van der Waals surface area (Å²) >= 11 is 6.15. The zero-order valence-corrected chi connectivity index (χ0v) is 16.1. The van der Waals surface area contributed by atoms with E-state index in [1.807, 2.05) is 0 Å². The Labute approximate surface area is 170 Å². The van der Waals surface area contributed by atoms with Gasteiger partial charge in [0.25, 0.3) is 0 Å². The minimum absolute atomic E-state index is 0.0545. The van der Waals surface area contributed by atoms with Crippen molar-refractivity contribution in [2.24, 2.45) is 0 Å². The van der Waals surface area contributed by atoms with Gasteiger partial charge in [-0.3, -0.25) is 4.79 Å². The molecule has 4 nitrogen and oxygen atoms in total. The lowest BCUT2D eigenvalue weighted by Gasteiger charge is -2.27. The molecule has 2 aromatic rings. The van der Waals surface area contributed by atoms with E-state index in [9.17, 15) is 22.4 Å². The number of hydrogen-bond acceptors (Lipinski definition) is 3. The average Bonchev–Trinajstić information content (AvgIpc) is 2.91. The second-order valence-electron chi connectivity index (χ2n) is 6.46. The van der Waals surface area contributed by atoms with Crippen LogP contribution < -0.4 is 9.47 Å². The number of carbonyl (C=O) groups excluding carboxylic acids is 1. The van der Waals surface area contributed by atoms with Crippen LogP contribution in [-0.2, 0) is 11.3 Å². The fourth-order valence-corrected chi connectivity index (χ4v) is 3.63. The lowest BCUT2D eigenvalue weighted by atomic mass is 10.0.